The van der Waals surface area contributed by atoms with Gasteiger partial charge in [0.25, 0.3) is 0 Å². The zero-order chi connectivity index (χ0) is 28.3. The lowest BCUT2D eigenvalue weighted by atomic mass is 10.1. The lowest BCUT2D eigenvalue weighted by Crippen LogP contribution is -2.45. The monoisotopic (exact) mass is 533 g/mol. The first-order valence-corrected chi connectivity index (χ1v) is 13.0. The number of carbonyl (C=O) groups is 2. The predicted molar refractivity (Wildman–Crippen MR) is 144 cm³/mol. The number of alkyl halides is 1. The molecule has 210 valence electrons. The third-order valence-corrected chi connectivity index (χ3v) is 6.14. The molecule has 1 atom stereocenters. The van der Waals surface area contributed by atoms with E-state index in [-0.39, 0.29) is 11.8 Å². The Labute approximate surface area is 224 Å². The number of carboxylic acids is 1. The Bertz CT molecular complexity index is 1010. The summed E-state index contributed by atoms with van der Waals surface area (Å²) in [7, 11) is 2.11. The van der Waals surface area contributed by atoms with Crippen molar-refractivity contribution >= 4 is 12.0 Å². The topological polar surface area (TPSA) is 82.1 Å². The summed E-state index contributed by atoms with van der Waals surface area (Å²) in [5.74, 6) is -0.375. The van der Waals surface area contributed by atoms with Crippen LogP contribution >= 0.6 is 0 Å². The molecule has 2 aromatic rings. The number of hydrogen-bond acceptors (Lipinski definition) is 4. The largest absolute Gasteiger partial charge is 0.493 e. The minimum absolute atomic E-state index is 0.107. The molecule has 38 heavy (non-hydrogen) atoms. The van der Waals surface area contributed by atoms with E-state index in [0.29, 0.717) is 38.2 Å². The maximum absolute atomic E-state index is 13.3. The molecule has 0 radical (unpaired) electrons. The van der Waals surface area contributed by atoms with Crippen molar-refractivity contribution < 1.29 is 28.2 Å². The minimum Gasteiger partial charge on any atom is -0.493 e. The molecule has 0 aromatic heterocycles. The van der Waals surface area contributed by atoms with Gasteiger partial charge < -0.3 is 25.0 Å². The van der Waals surface area contributed by atoms with Gasteiger partial charge in [0.15, 0.2) is 0 Å². The normalized spacial score (nSPS) is 15.5. The number of ether oxygens (including phenoxy) is 1. The van der Waals surface area contributed by atoms with Crippen molar-refractivity contribution in [3.05, 3.63) is 65.5 Å². The summed E-state index contributed by atoms with van der Waals surface area (Å²) < 4.78 is 30.9. The molecule has 1 fully saturated rings. The van der Waals surface area contributed by atoms with Gasteiger partial charge >= 0.3 is 12.0 Å². The Morgan fingerprint density at radius 2 is 1.71 bits per heavy atom. The lowest BCUT2D eigenvalue weighted by molar-refractivity contribution is -0.148. The number of halogens is 2. The molecule has 0 saturated carbocycles. The van der Waals surface area contributed by atoms with Crippen molar-refractivity contribution in [3.8, 4) is 5.75 Å². The lowest BCUT2D eigenvalue weighted by Gasteiger charge is -2.29. The van der Waals surface area contributed by atoms with Crippen molar-refractivity contribution in [2.24, 2.45) is 5.92 Å². The third kappa shape index (κ3) is 11.0. The van der Waals surface area contributed by atoms with Crippen LogP contribution < -0.4 is 10.1 Å². The number of nitrogens with one attached hydrogen (secondary N) is 1. The Balaban J connectivity index is 0.000000638. The van der Waals surface area contributed by atoms with Crippen molar-refractivity contribution in [2.45, 2.75) is 65.3 Å². The summed E-state index contributed by atoms with van der Waals surface area (Å²) in [6.07, 6.45) is 2.24. The zero-order valence-electron chi connectivity index (χ0n) is 23.0. The Morgan fingerprint density at radius 3 is 2.21 bits per heavy atom. The number of benzene rings is 2. The molecule has 9 heteroatoms. The van der Waals surface area contributed by atoms with E-state index in [1.165, 1.54) is 12.1 Å². The van der Waals surface area contributed by atoms with Crippen molar-refractivity contribution in [2.75, 3.05) is 26.7 Å². The van der Waals surface area contributed by atoms with Gasteiger partial charge in [0.2, 0.25) is 5.67 Å². The van der Waals surface area contributed by atoms with Crippen LogP contribution in [-0.4, -0.2) is 65.4 Å². The number of urea groups is 1. The van der Waals surface area contributed by atoms with Crippen LogP contribution in [0.5, 0.6) is 5.75 Å². The van der Waals surface area contributed by atoms with Crippen LogP contribution in [0.1, 0.15) is 51.7 Å². The predicted octanol–water partition coefficient (Wildman–Crippen LogP) is 5.49. The van der Waals surface area contributed by atoms with Gasteiger partial charge in [-0.05, 0) is 81.6 Å². The highest BCUT2D eigenvalue weighted by molar-refractivity contribution is 5.76. The van der Waals surface area contributed by atoms with Gasteiger partial charge in [-0.1, -0.05) is 38.1 Å². The van der Waals surface area contributed by atoms with Gasteiger partial charge in [-0.3, -0.25) is 0 Å². The van der Waals surface area contributed by atoms with Gasteiger partial charge in [0.05, 0.1) is 6.61 Å². The first kappa shape index (κ1) is 31.0. The maximum Gasteiger partial charge on any atom is 0.340 e. The van der Waals surface area contributed by atoms with Crippen molar-refractivity contribution in [3.63, 3.8) is 0 Å². The molecule has 3 rings (SSSR count). The molecule has 2 aromatic carbocycles. The molecular formula is C29H41F2N3O4. The average Bonchev–Trinajstić information content (AvgIpc) is 3.26. The molecule has 2 N–H and O–H groups in total. The van der Waals surface area contributed by atoms with Crippen LogP contribution in [0.3, 0.4) is 0 Å². The SMILES string of the molecule is CC(C)(F)C(=O)O.CC(C)COc1ccc(CNC(=O)N(Cc2ccc(F)cc2)CC2CCCN2C)cc1. The fraction of sp³-hybridized carbons (Fsp3) is 0.517. The average molecular weight is 534 g/mol. The molecule has 0 bridgehead atoms. The van der Waals surface area contributed by atoms with Crippen molar-refractivity contribution in [1.29, 1.82) is 0 Å². The van der Waals surface area contributed by atoms with Crippen LogP contribution in [0.25, 0.3) is 0 Å². The van der Waals surface area contributed by atoms with E-state index in [9.17, 15) is 18.4 Å². The number of carboxylic acid groups (broad SMARTS) is 1. The number of likely N-dealkylation sites (tertiary alicyclic amines) is 1. The third-order valence-electron chi connectivity index (χ3n) is 6.14. The fourth-order valence-electron chi connectivity index (χ4n) is 3.75. The molecule has 0 spiro atoms. The highest BCUT2D eigenvalue weighted by Gasteiger charge is 2.26. The van der Waals surface area contributed by atoms with E-state index in [2.05, 4.69) is 31.1 Å². The van der Waals surface area contributed by atoms with E-state index >= 15 is 0 Å². The number of amides is 2. The van der Waals surface area contributed by atoms with E-state index in [0.717, 1.165) is 50.1 Å². The summed E-state index contributed by atoms with van der Waals surface area (Å²) in [5, 5.41) is 10.9. The number of aliphatic carboxylic acids is 1. The maximum atomic E-state index is 13.3. The first-order valence-electron chi connectivity index (χ1n) is 13.0. The van der Waals surface area contributed by atoms with E-state index in [4.69, 9.17) is 9.84 Å². The van der Waals surface area contributed by atoms with Gasteiger partial charge in [0, 0.05) is 25.7 Å². The Morgan fingerprint density at radius 1 is 1.13 bits per heavy atom. The second kappa shape index (κ2) is 14.7. The minimum atomic E-state index is -2.08. The van der Waals surface area contributed by atoms with Crippen LogP contribution in [0.15, 0.2) is 48.5 Å². The van der Waals surface area contributed by atoms with E-state index in [1.807, 2.05) is 29.2 Å². The standard InChI is InChI=1S/C25H34FN3O2.C4H7FO2/c1-19(2)18-31-24-12-8-20(9-13-24)15-27-25(30)29(17-23-5-4-14-28(23)3)16-21-6-10-22(26)11-7-21;1-4(2,5)3(6)7/h6-13,19,23H,4-5,14-18H2,1-3H3,(H,27,30);1-2H3,(H,6,7). The molecule has 1 saturated heterocycles. The van der Waals surface area contributed by atoms with E-state index in [1.54, 1.807) is 12.1 Å². The molecule has 2 amide bonds. The zero-order valence-corrected chi connectivity index (χ0v) is 23.0. The van der Waals surface area contributed by atoms with E-state index < -0.39 is 11.6 Å². The van der Waals surface area contributed by atoms with Gasteiger partial charge in [0.1, 0.15) is 11.6 Å². The summed E-state index contributed by atoms with van der Waals surface area (Å²) in [6, 6.07) is 14.4. The molecule has 1 aliphatic rings. The number of rotatable bonds is 10. The summed E-state index contributed by atoms with van der Waals surface area (Å²) in [6.45, 7) is 9.52. The summed E-state index contributed by atoms with van der Waals surface area (Å²) in [4.78, 5) is 26.8. The van der Waals surface area contributed by atoms with Crippen molar-refractivity contribution in [1.82, 2.24) is 15.1 Å². The van der Waals surface area contributed by atoms with Crippen LogP contribution in [0.2, 0.25) is 0 Å². The molecule has 7 nitrogen and oxygen atoms in total. The Kier molecular flexibility index (Phi) is 12.0. The number of hydrogen-bond donors (Lipinski definition) is 2. The molecule has 1 heterocycles. The highest BCUT2D eigenvalue weighted by atomic mass is 19.1. The first-order chi connectivity index (χ1) is 17.8. The van der Waals surface area contributed by atoms with Gasteiger partial charge in [-0.25, -0.2) is 18.4 Å². The van der Waals surface area contributed by atoms with Crippen LogP contribution in [0.4, 0.5) is 13.6 Å². The molecular weight excluding hydrogens is 492 g/mol. The second-order valence-corrected chi connectivity index (χ2v) is 10.6. The molecule has 1 aliphatic heterocycles. The fourth-order valence-corrected chi connectivity index (χ4v) is 3.75. The molecule has 1 unspecified atom stereocenters. The number of nitrogens with zero attached hydrogens (tertiary/aromatic N) is 2. The van der Waals surface area contributed by atoms with Gasteiger partial charge in [-0.15, -0.1) is 0 Å². The Hall–Kier alpha value is -3.20. The second-order valence-electron chi connectivity index (χ2n) is 10.6. The smallest absolute Gasteiger partial charge is 0.340 e. The van der Waals surface area contributed by atoms with Gasteiger partial charge in [-0.2, -0.15) is 0 Å². The molecule has 0 aliphatic carbocycles. The number of likely N-dealkylation sites (N-methyl/N-ethyl adjacent to an activating group) is 1. The summed E-state index contributed by atoms with van der Waals surface area (Å²) in [5.41, 5.74) is -0.145. The van der Waals surface area contributed by atoms with Crippen LogP contribution in [0, 0.1) is 11.7 Å². The summed E-state index contributed by atoms with van der Waals surface area (Å²) >= 11 is 0. The quantitative estimate of drug-likeness (QED) is 0.422. The van der Waals surface area contributed by atoms with Crippen LogP contribution in [-0.2, 0) is 17.9 Å². The highest BCUT2D eigenvalue weighted by Crippen LogP contribution is 2.18. The number of carbonyl (C=O) groups excluding carboxylic acids is 1.